The predicted octanol–water partition coefficient (Wildman–Crippen LogP) is 1.35. The number of fused-ring (bicyclic) bond motifs is 1. The van der Waals surface area contributed by atoms with E-state index in [9.17, 15) is 9.59 Å². The van der Waals surface area contributed by atoms with E-state index in [1.165, 1.54) is 0 Å². The van der Waals surface area contributed by atoms with Crippen LogP contribution in [-0.2, 0) is 4.79 Å². The SMILES string of the molecule is O=C1NC(=O)/C(=C/c2ccc3nccnc3n2)S1. The molecular formula is C11H6N4O2S. The van der Waals surface area contributed by atoms with Crippen molar-refractivity contribution >= 4 is 40.1 Å². The van der Waals surface area contributed by atoms with E-state index in [2.05, 4.69) is 20.3 Å². The largest absolute Gasteiger partial charge is 0.290 e. The Balaban J connectivity index is 2.02. The fourth-order valence-electron chi connectivity index (χ4n) is 1.50. The number of carbonyl (C=O) groups is 2. The van der Waals surface area contributed by atoms with Crippen LogP contribution in [0.15, 0.2) is 29.4 Å². The molecule has 0 atom stereocenters. The zero-order valence-corrected chi connectivity index (χ0v) is 9.77. The molecule has 3 rings (SSSR count). The maximum Gasteiger partial charge on any atom is 0.290 e. The van der Waals surface area contributed by atoms with Crippen LogP contribution in [0.25, 0.3) is 17.2 Å². The van der Waals surface area contributed by atoms with Crippen molar-refractivity contribution in [3.63, 3.8) is 0 Å². The van der Waals surface area contributed by atoms with E-state index in [0.717, 1.165) is 11.8 Å². The van der Waals surface area contributed by atoms with Crippen molar-refractivity contribution in [3.05, 3.63) is 35.1 Å². The van der Waals surface area contributed by atoms with Gasteiger partial charge in [-0.15, -0.1) is 0 Å². The lowest BCUT2D eigenvalue weighted by atomic mass is 10.3. The van der Waals surface area contributed by atoms with Gasteiger partial charge in [0.1, 0.15) is 5.52 Å². The van der Waals surface area contributed by atoms with Crippen LogP contribution in [0, 0.1) is 0 Å². The minimum absolute atomic E-state index is 0.329. The lowest BCUT2D eigenvalue weighted by Crippen LogP contribution is -2.17. The Bertz CT molecular complexity index is 698. The number of aromatic nitrogens is 3. The summed E-state index contributed by atoms with van der Waals surface area (Å²) in [5.41, 5.74) is 1.75. The summed E-state index contributed by atoms with van der Waals surface area (Å²) in [6, 6.07) is 3.49. The number of nitrogens with one attached hydrogen (secondary N) is 1. The van der Waals surface area contributed by atoms with Crippen molar-refractivity contribution in [3.8, 4) is 0 Å². The van der Waals surface area contributed by atoms with Gasteiger partial charge in [0, 0.05) is 12.4 Å². The Kier molecular flexibility index (Phi) is 2.52. The minimum Gasteiger partial charge on any atom is -0.282 e. The van der Waals surface area contributed by atoms with Crippen LogP contribution in [0.5, 0.6) is 0 Å². The monoisotopic (exact) mass is 258 g/mol. The van der Waals surface area contributed by atoms with Crippen molar-refractivity contribution in [2.45, 2.75) is 0 Å². The molecular weight excluding hydrogens is 252 g/mol. The molecule has 2 amide bonds. The minimum atomic E-state index is -0.397. The normalized spacial score (nSPS) is 17.4. The van der Waals surface area contributed by atoms with Gasteiger partial charge < -0.3 is 0 Å². The Morgan fingerprint density at radius 1 is 1.17 bits per heavy atom. The molecule has 2 aromatic heterocycles. The molecule has 7 heteroatoms. The van der Waals surface area contributed by atoms with Gasteiger partial charge >= 0.3 is 0 Å². The highest BCUT2D eigenvalue weighted by atomic mass is 32.2. The third kappa shape index (κ3) is 1.95. The number of pyridine rings is 1. The molecule has 0 bridgehead atoms. The molecule has 0 aliphatic carbocycles. The highest BCUT2D eigenvalue weighted by Crippen LogP contribution is 2.25. The molecule has 1 saturated heterocycles. The number of hydrogen-bond acceptors (Lipinski definition) is 6. The highest BCUT2D eigenvalue weighted by Gasteiger charge is 2.25. The molecule has 1 N–H and O–H groups in total. The van der Waals surface area contributed by atoms with Crippen LogP contribution in [0.1, 0.15) is 5.69 Å². The number of rotatable bonds is 1. The summed E-state index contributed by atoms with van der Waals surface area (Å²) in [6.45, 7) is 0. The van der Waals surface area contributed by atoms with Gasteiger partial charge in [0.15, 0.2) is 5.65 Å². The summed E-state index contributed by atoms with van der Waals surface area (Å²) in [5.74, 6) is -0.397. The van der Waals surface area contributed by atoms with E-state index in [-0.39, 0.29) is 5.24 Å². The first-order chi connectivity index (χ1) is 8.72. The summed E-state index contributed by atoms with van der Waals surface area (Å²) in [4.78, 5) is 35.1. The number of nitrogens with zero attached hydrogens (tertiary/aromatic N) is 3. The maximum atomic E-state index is 11.4. The Labute approximate surface area is 106 Å². The van der Waals surface area contributed by atoms with Gasteiger partial charge in [0.25, 0.3) is 11.1 Å². The van der Waals surface area contributed by atoms with Crippen LogP contribution in [-0.4, -0.2) is 26.1 Å². The molecule has 2 aromatic rings. The zero-order chi connectivity index (χ0) is 12.5. The van der Waals surface area contributed by atoms with Crippen LogP contribution in [0.2, 0.25) is 0 Å². The highest BCUT2D eigenvalue weighted by molar-refractivity contribution is 8.18. The first kappa shape index (κ1) is 10.8. The number of carbonyl (C=O) groups excluding carboxylic acids is 2. The average Bonchev–Trinajstić information content (AvgIpc) is 2.68. The fraction of sp³-hybridized carbons (Fsp3) is 0. The molecule has 88 valence electrons. The van der Waals surface area contributed by atoms with Crippen LogP contribution < -0.4 is 5.32 Å². The molecule has 0 radical (unpaired) electrons. The van der Waals surface area contributed by atoms with Gasteiger partial charge in [-0.3, -0.25) is 19.9 Å². The van der Waals surface area contributed by atoms with Gasteiger partial charge in [-0.2, -0.15) is 0 Å². The van der Waals surface area contributed by atoms with Gasteiger partial charge in [0.2, 0.25) is 0 Å². The van der Waals surface area contributed by atoms with E-state index < -0.39 is 5.91 Å². The molecule has 1 aliphatic rings. The van der Waals surface area contributed by atoms with Crippen molar-refractivity contribution in [1.29, 1.82) is 0 Å². The average molecular weight is 258 g/mol. The molecule has 3 heterocycles. The number of amides is 2. The Morgan fingerprint density at radius 2 is 2.00 bits per heavy atom. The van der Waals surface area contributed by atoms with Crippen molar-refractivity contribution in [1.82, 2.24) is 20.3 Å². The van der Waals surface area contributed by atoms with E-state index >= 15 is 0 Å². The first-order valence-electron chi connectivity index (χ1n) is 5.05. The lowest BCUT2D eigenvalue weighted by molar-refractivity contribution is -0.115. The van der Waals surface area contributed by atoms with Crippen LogP contribution in [0.3, 0.4) is 0 Å². The zero-order valence-electron chi connectivity index (χ0n) is 8.95. The van der Waals surface area contributed by atoms with Gasteiger partial charge in [-0.25, -0.2) is 9.97 Å². The standard InChI is InChI=1S/C11H6N4O2S/c16-10-8(18-11(17)15-10)5-6-1-2-7-9(14-6)13-4-3-12-7/h1-5H,(H,15,16,17)/b8-5-. The fourth-order valence-corrected chi connectivity index (χ4v) is 2.17. The molecule has 0 saturated carbocycles. The smallest absolute Gasteiger partial charge is 0.282 e. The molecule has 0 unspecified atom stereocenters. The third-order valence-electron chi connectivity index (χ3n) is 2.27. The van der Waals surface area contributed by atoms with Crippen molar-refractivity contribution in [2.75, 3.05) is 0 Å². The molecule has 6 nitrogen and oxygen atoms in total. The van der Waals surface area contributed by atoms with Crippen molar-refractivity contribution in [2.24, 2.45) is 0 Å². The second-order valence-corrected chi connectivity index (χ2v) is 4.50. The summed E-state index contributed by atoms with van der Waals surface area (Å²) in [7, 11) is 0. The number of hydrogen-bond donors (Lipinski definition) is 1. The molecule has 0 spiro atoms. The quantitative estimate of drug-likeness (QED) is 0.777. The third-order valence-corrected chi connectivity index (χ3v) is 3.08. The predicted molar refractivity (Wildman–Crippen MR) is 66.4 cm³/mol. The van der Waals surface area contributed by atoms with Gasteiger partial charge in [-0.05, 0) is 30.0 Å². The molecule has 1 aliphatic heterocycles. The summed E-state index contributed by atoms with van der Waals surface area (Å²) in [5, 5.41) is 1.82. The summed E-state index contributed by atoms with van der Waals surface area (Å²) >= 11 is 0.859. The van der Waals surface area contributed by atoms with E-state index in [1.807, 2.05) is 0 Å². The van der Waals surface area contributed by atoms with E-state index in [0.29, 0.717) is 21.8 Å². The second-order valence-electron chi connectivity index (χ2n) is 3.49. The molecule has 1 fully saturated rings. The van der Waals surface area contributed by atoms with Crippen molar-refractivity contribution < 1.29 is 9.59 Å². The number of imide groups is 1. The Morgan fingerprint density at radius 3 is 2.78 bits per heavy atom. The summed E-state index contributed by atoms with van der Waals surface area (Å²) < 4.78 is 0. The summed E-state index contributed by atoms with van der Waals surface area (Å²) in [6.07, 6.45) is 4.69. The van der Waals surface area contributed by atoms with E-state index in [4.69, 9.17) is 0 Å². The van der Waals surface area contributed by atoms with Gasteiger partial charge in [0.05, 0.1) is 10.6 Å². The topological polar surface area (TPSA) is 84.8 Å². The Hall–Kier alpha value is -2.28. The number of thioether (sulfide) groups is 1. The molecule has 0 aromatic carbocycles. The first-order valence-corrected chi connectivity index (χ1v) is 5.87. The van der Waals surface area contributed by atoms with Gasteiger partial charge in [-0.1, -0.05) is 0 Å². The van der Waals surface area contributed by atoms with E-state index in [1.54, 1.807) is 30.6 Å². The van der Waals surface area contributed by atoms with Crippen LogP contribution >= 0.6 is 11.8 Å². The lowest BCUT2D eigenvalue weighted by Gasteiger charge is -1.97. The maximum absolute atomic E-state index is 11.4. The van der Waals surface area contributed by atoms with Crippen LogP contribution in [0.4, 0.5) is 4.79 Å². The molecule has 18 heavy (non-hydrogen) atoms. The second kappa shape index (κ2) is 4.19.